The highest BCUT2D eigenvalue weighted by Gasteiger charge is 2.24. The van der Waals surface area contributed by atoms with Crippen molar-refractivity contribution in [1.82, 2.24) is 9.88 Å². The predicted octanol–water partition coefficient (Wildman–Crippen LogP) is 4.66. The number of nitrogens with one attached hydrogen (secondary N) is 1. The molecule has 0 atom stereocenters. The van der Waals surface area contributed by atoms with Crippen LogP contribution in [0.15, 0.2) is 51.5 Å². The molecule has 140 valence electrons. The van der Waals surface area contributed by atoms with E-state index >= 15 is 0 Å². The van der Waals surface area contributed by atoms with Crippen LogP contribution in [0.2, 0.25) is 0 Å². The summed E-state index contributed by atoms with van der Waals surface area (Å²) in [4.78, 5) is 20.5. The molecule has 1 N–H and O–H groups in total. The molecule has 1 amide bonds. The fourth-order valence-corrected chi connectivity index (χ4v) is 4.13. The molecular weight excluding hydrogens is 474 g/mol. The van der Waals surface area contributed by atoms with E-state index in [4.69, 9.17) is 4.74 Å². The van der Waals surface area contributed by atoms with Crippen molar-refractivity contribution in [3.05, 3.63) is 57.1 Å². The number of carbonyl (C=O) groups excluding carboxylic acids is 1. The fraction of sp³-hybridized carbons (Fsp3) is 0.250. The zero-order chi connectivity index (χ0) is 19.0. The zero-order valence-electron chi connectivity index (χ0n) is 14.8. The normalized spacial score (nSPS) is 14.6. The molecule has 2 aromatic carbocycles. The van der Waals surface area contributed by atoms with Gasteiger partial charge in [0.1, 0.15) is 5.75 Å². The van der Waals surface area contributed by atoms with Gasteiger partial charge in [-0.25, -0.2) is 0 Å². The van der Waals surface area contributed by atoms with Crippen LogP contribution in [0.25, 0.3) is 10.9 Å². The number of carbonyl (C=O) groups is 1. The molecule has 1 aliphatic heterocycles. The Balaban J connectivity index is 1.50. The number of methoxy groups -OCH3 is 1. The summed E-state index contributed by atoms with van der Waals surface area (Å²) in [6, 6.07) is 12.0. The second-order valence-corrected chi connectivity index (χ2v) is 8.20. The number of fused-ring (bicyclic) bond motifs is 1. The molecule has 3 aromatic rings. The highest BCUT2D eigenvalue weighted by Crippen LogP contribution is 2.31. The molecule has 2 heterocycles. The molecule has 0 unspecified atom stereocenters. The fourth-order valence-electron chi connectivity index (χ4n) is 3.44. The number of aromatic amines is 1. The van der Waals surface area contributed by atoms with Gasteiger partial charge in [0, 0.05) is 64.0 Å². The number of amides is 1. The topological polar surface area (TPSA) is 48.6 Å². The second kappa shape index (κ2) is 7.56. The molecule has 5 nitrogen and oxygen atoms in total. The number of benzene rings is 2. The average molecular weight is 493 g/mol. The summed E-state index contributed by atoms with van der Waals surface area (Å²) in [6.07, 6.45) is 1.81. The summed E-state index contributed by atoms with van der Waals surface area (Å²) < 4.78 is 7.21. The van der Waals surface area contributed by atoms with Crippen molar-refractivity contribution in [2.75, 3.05) is 38.2 Å². The highest BCUT2D eigenvalue weighted by atomic mass is 79.9. The minimum atomic E-state index is 0.0702. The third-order valence-corrected chi connectivity index (χ3v) is 6.78. The number of hydrogen-bond donors (Lipinski definition) is 1. The Bertz CT molecular complexity index is 994. The van der Waals surface area contributed by atoms with Crippen molar-refractivity contribution >= 4 is 54.4 Å². The van der Waals surface area contributed by atoms with E-state index in [9.17, 15) is 4.79 Å². The molecule has 1 aliphatic rings. The van der Waals surface area contributed by atoms with E-state index in [0.717, 1.165) is 44.4 Å². The largest absolute Gasteiger partial charge is 0.497 e. The van der Waals surface area contributed by atoms with Gasteiger partial charge in [-0.05, 0) is 56.1 Å². The van der Waals surface area contributed by atoms with E-state index < -0.39 is 0 Å². The Morgan fingerprint density at radius 3 is 2.56 bits per heavy atom. The van der Waals surface area contributed by atoms with Crippen molar-refractivity contribution in [1.29, 1.82) is 0 Å². The lowest BCUT2D eigenvalue weighted by Gasteiger charge is -2.36. The van der Waals surface area contributed by atoms with Gasteiger partial charge in [0.15, 0.2) is 0 Å². The first-order valence-electron chi connectivity index (χ1n) is 8.71. The third-order valence-electron chi connectivity index (χ3n) is 4.94. The molecule has 27 heavy (non-hydrogen) atoms. The van der Waals surface area contributed by atoms with E-state index in [1.54, 1.807) is 13.3 Å². The summed E-state index contributed by atoms with van der Waals surface area (Å²) in [5, 5.41) is 0.935. The van der Waals surface area contributed by atoms with Crippen molar-refractivity contribution in [2.24, 2.45) is 0 Å². The molecule has 1 fully saturated rings. The van der Waals surface area contributed by atoms with Crippen molar-refractivity contribution in [3.63, 3.8) is 0 Å². The Morgan fingerprint density at radius 1 is 1.07 bits per heavy atom. The van der Waals surface area contributed by atoms with Crippen LogP contribution in [-0.2, 0) is 0 Å². The molecule has 0 aliphatic carbocycles. The number of nitrogens with zero attached hydrogens (tertiary/aromatic N) is 2. The van der Waals surface area contributed by atoms with Crippen LogP contribution in [0, 0.1) is 0 Å². The number of H-pyrrole nitrogens is 1. The van der Waals surface area contributed by atoms with E-state index in [1.165, 1.54) is 0 Å². The maximum atomic E-state index is 13.1. The summed E-state index contributed by atoms with van der Waals surface area (Å²) >= 11 is 7.02. The minimum Gasteiger partial charge on any atom is -0.497 e. The second-order valence-electron chi connectivity index (χ2n) is 6.49. The lowest BCUT2D eigenvalue weighted by Crippen LogP contribution is -2.48. The van der Waals surface area contributed by atoms with Crippen molar-refractivity contribution in [3.8, 4) is 5.75 Å². The summed E-state index contributed by atoms with van der Waals surface area (Å²) in [6.45, 7) is 2.99. The molecule has 7 heteroatoms. The predicted molar refractivity (Wildman–Crippen MR) is 115 cm³/mol. The van der Waals surface area contributed by atoms with Gasteiger partial charge in [-0.3, -0.25) is 4.79 Å². The highest BCUT2D eigenvalue weighted by molar-refractivity contribution is 9.13. The van der Waals surface area contributed by atoms with Gasteiger partial charge in [0.2, 0.25) is 0 Å². The molecular formula is C20H19Br2N3O2. The monoisotopic (exact) mass is 491 g/mol. The van der Waals surface area contributed by atoms with E-state index in [2.05, 4.69) is 47.8 Å². The number of aromatic nitrogens is 1. The van der Waals surface area contributed by atoms with E-state index in [1.807, 2.05) is 35.2 Å². The smallest absolute Gasteiger partial charge is 0.256 e. The van der Waals surface area contributed by atoms with Crippen LogP contribution in [0.3, 0.4) is 0 Å². The number of halogens is 2. The first-order valence-corrected chi connectivity index (χ1v) is 10.3. The number of piperazine rings is 1. The summed E-state index contributed by atoms with van der Waals surface area (Å²) in [5.41, 5.74) is 2.79. The lowest BCUT2D eigenvalue weighted by atomic mass is 10.1. The van der Waals surface area contributed by atoms with Gasteiger partial charge in [0.05, 0.1) is 12.7 Å². The Hall–Kier alpha value is -1.99. The quantitative estimate of drug-likeness (QED) is 0.578. The molecule has 0 spiro atoms. The number of rotatable bonds is 3. The van der Waals surface area contributed by atoms with Gasteiger partial charge in [-0.15, -0.1) is 0 Å². The number of ether oxygens (including phenoxy) is 1. The Kier molecular flexibility index (Phi) is 5.14. The summed E-state index contributed by atoms with van der Waals surface area (Å²) in [5.74, 6) is 0.919. The number of hydrogen-bond acceptors (Lipinski definition) is 3. The van der Waals surface area contributed by atoms with Crippen LogP contribution in [0.1, 0.15) is 10.4 Å². The van der Waals surface area contributed by atoms with Crippen LogP contribution >= 0.6 is 31.9 Å². The van der Waals surface area contributed by atoms with Crippen LogP contribution in [0.4, 0.5) is 5.69 Å². The SMILES string of the molecule is COc1cccc(N2CCN(C(=O)c3c[nH]c4cc(Br)c(Br)cc34)CC2)c1. The van der Waals surface area contributed by atoms with Crippen LogP contribution < -0.4 is 9.64 Å². The Morgan fingerprint density at radius 2 is 1.81 bits per heavy atom. The maximum absolute atomic E-state index is 13.1. The van der Waals surface area contributed by atoms with Gasteiger partial charge < -0.3 is 19.5 Å². The first kappa shape index (κ1) is 18.4. The van der Waals surface area contributed by atoms with E-state index in [0.29, 0.717) is 18.7 Å². The van der Waals surface area contributed by atoms with E-state index in [-0.39, 0.29) is 5.91 Å². The van der Waals surface area contributed by atoms with Gasteiger partial charge in [-0.2, -0.15) is 0 Å². The minimum absolute atomic E-state index is 0.0702. The standard InChI is InChI=1S/C20H19Br2N3O2/c1-27-14-4-2-3-13(9-14)24-5-7-25(8-6-24)20(26)16-12-23-19-11-18(22)17(21)10-15(16)19/h2-4,9-12,23H,5-8H2,1H3. The van der Waals surface area contributed by atoms with Gasteiger partial charge in [-0.1, -0.05) is 6.07 Å². The lowest BCUT2D eigenvalue weighted by molar-refractivity contribution is 0.0749. The maximum Gasteiger partial charge on any atom is 0.256 e. The molecule has 0 radical (unpaired) electrons. The molecule has 0 bridgehead atoms. The van der Waals surface area contributed by atoms with Gasteiger partial charge >= 0.3 is 0 Å². The summed E-state index contributed by atoms with van der Waals surface area (Å²) in [7, 11) is 1.67. The molecule has 4 rings (SSSR count). The molecule has 0 saturated carbocycles. The van der Waals surface area contributed by atoms with Crippen LogP contribution in [0.5, 0.6) is 5.75 Å². The molecule has 1 saturated heterocycles. The van der Waals surface area contributed by atoms with Crippen molar-refractivity contribution in [2.45, 2.75) is 0 Å². The zero-order valence-corrected chi connectivity index (χ0v) is 18.0. The Labute approximate surface area is 174 Å². The van der Waals surface area contributed by atoms with Crippen LogP contribution in [-0.4, -0.2) is 49.1 Å². The third kappa shape index (κ3) is 3.58. The number of anilines is 1. The van der Waals surface area contributed by atoms with Crippen molar-refractivity contribution < 1.29 is 9.53 Å². The van der Waals surface area contributed by atoms with Gasteiger partial charge in [0.25, 0.3) is 5.91 Å². The average Bonchev–Trinajstić information content (AvgIpc) is 3.10. The molecule has 1 aromatic heterocycles. The first-order chi connectivity index (χ1) is 13.1.